The van der Waals surface area contributed by atoms with Crippen LogP contribution in [0.15, 0.2) is 73.2 Å². The van der Waals surface area contributed by atoms with Crippen molar-refractivity contribution in [2.75, 3.05) is 5.32 Å². The standard InChI is InChI=1S/C17H15N3O/c1-2-6-16(7-3-1)21-17-8-4-5-14(11-17)20-13-15-12-18-9-10-19-15/h1-12,20H,13H2. The molecule has 21 heavy (non-hydrogen) atoms. The van der Waals surface area contributed by atoms with Crippen molar-refractivity contribution in [2.45, 2.75) is 6.54 Å². The number of aromatic nitrogens is 2. The maximum atomic E-state index is 5.80. The number of nitrogens with zero attached hydrogens (tertiary/aromatic N) is 2. The molecular formula is C17H15N3O. The van der Waals surface area contributed by atoms with Crippen molar-refractivity contribution in [1.82, 2.24) is 9.97 Å². The van der Waals surface area contributed by atoms with Crippen LogP contribution in [0.1, 0.15) is 5.69 Å². The average molecular weight is 277 g/mol. The molecule has 1 aromatic heterocycles. The summed E-state index contributed by atoms with van der Waals surface area (Å²) in [5, 5.41) is 3.30. The Balaban J connectivity index is 1.66. The van der Waals surface area contributed by atoms with Gasteiger partial charge in [-0.25, -0.2) is 0 Å². The van der Waals surface area contributed by atoms with E-state index in [9.17, 15) is 0 Å². The molecule has 0 amide bonds. The lowest BCUT2D eigenvalue weighted by molar-refractivity contribution is 0.483. The van der Waals surface area contributed by atoms with Crippen molar-refractivity contribution in [2.24, 2.45) is 0 Å². The molecule has 0 unspecified atom stereocenters. The lowest BCUT2D eigenvalue weighted by Gasteiger charge is -2.09. The molecule has 0 fully saturated rings. The summed E-state index contributed by atoms with van der Waals surface area (Å²) < 4.78 is 5.80. The van der Waals surface area contributed by atoms with Crippen LogP contribution in [0.25, 0.3) is 0 Å². The zero-order valence-electron chi connectivity index (χ0n) is 11.4. The first-order valence-electron chi connectivity index (χ1n) is 6.72. The zero-order valence-corrected chi connectivity index (χ0v) is 11.4. The van der Waals surface area contributed by atoms with Gasteiger partial charge < -0.3 is 10.1 Å². The Labute approximate surface area is 123 Å². The van der Waals surface area contributed by atoms with Gasteiger partial charge in [-0.1, -0.05) is 24.3 Å². The van der Waals surface area contributed by atoms with Gasteiger partial charge in [-0.3, -0.25) is 9.97 Å². The van der Waals surface area contributed by atoms with E-state index in [0.717, 1.165) is 22.9 Å². The van der Waals surface area contributed by atoms with Gasteiger partial charge in [0.1, 0.15) is 11.5 Å². The summed E-state index contributed by atoms with van der Waals surface area (Å²) in [6.45, 7) is 0.628. The van der Waals surface area contributed by atoms with Crippen LogP contribution in [-0.2, 0) is 6.54 Å². The third-order valence-electron chi connectivity index (χ3n) is 2.90. The number of hydrogen-bond donors (Lipinski definition) is 1. The molecule has 4 nitrogen and oxygen atoms in total. The van der Waals surface area contributed by atoms with Crippen LogP contribution >= 0.6 is 0 Å². The van der Waals surface area contributed by atoms with E-state index in [2.05, 4.69) is 15.3 Å². The summed E-state index contributed by atoms with van der Waals surface area (Å²) in [6.07, 6.45) is 5.10. The largest absolute Gasteiger partial charge is 0.457 e. The maximum Gasteiger partial charge on any atom is 0.129 e. The smallest absolute Gasteiger partial charge is 0.129 e. The summed E-state index contributed by atoms with van der Waals surface area (Å²) in [7, 11) is 0. The predicted octanol–water partition coefficient (Wildman–Crippen LogP) is 3.88. The third-order valence-corrected chi connectivity index (χ3v) is 2.90. The SMILES string of the molecule is c1ccc(Oc2cccc(NCc3cnccn3)c2)cc1. The molecule has 0 aliphatic carbocycles. The van der Waals surface area contributed by atoms with E-state index >= 15 is 0 Å². The lowest BCUT2D eigenvalue weighted by atomic mass is 10.3. The molecule has 3 aromatic rings. The van der Waals surface area contributed by atoms with Crippen molar-refractivity contribution >= 4 is 5.69 Å². The summed E-state index contributed by atoms with van der Waals surface area (Å²) in [5.74, 6) is 1.62. The summed E-state index contributed by atoms with van der Waals surface area (Å²) >= 11 is 0. The van der Waals surface area contributed by atoms with E-state index in [1.165, 1.54) is 0 Å². The minimum absolute atomic E-state index is 0.628. The Hall–Kier alpha value is -2.88. The fourth-order valence-corrected chi connectivity index (χ4v) is 1.91. The Bertz CT molecular complexity index is 687. The Morgan fingerprint density at radius 2 is 1.76 bits per heavy atom. The van der Waals surface area contributed by atoms with Crippen molar-refractivity contribution < 1.29 is 4.74 Å². The molecule has 0 bridgehead atoms. The first-order chi connectivity index (χ1) is 10.4. The Kier molecular flexibility index (Phi) is 4.07. The predicted molar refractivity (Wildman–Crippen MR) is 82.3 cm³/mol. The van der Waals surface area contributed by atoms with Crippen LogP contribution < -0.4 is 10.1 Å². The summed E-state index contributed by atoms with van der Waals surface area (Å²) in [5.41, 5.74) is 1.88. The van der Waals surface area contributed by atoms with Gasteiger partial charge in [0.2, 0.25) is 0 Å². The first kappa shape index (κ1) is 13.1. The zero-order chi connectivity index (χ0) is 14.3. The van der Waals surface area contributed by atoms with Crippen molar-refractivity contribution in [1.29, 1.82) is 0 Å². The number of hydrogen-bond acceptors (Lipinski definition) is 4. The van der Waals surface area contributed by atoms with Gasteiger partial charge in [0, 0.05) is 24.1 Å². The van der Waals surface area contributed by atoms with Gasteiger partial charge >= 0.3 is 0 Å². The minimum atomic E-state index is 0.628. The van der Waals surface area contributed by atoms with E-state index < -0.39 is 0 Å². The fraction of sp³-hybridized carbons (Fsp3) is 0.0588. The third kappa shape index (κ3) is 3.79. The van der Waals surface area contributed by atoms with Gasteiger partial charge in [0.15, 0.2) is 0 Å². The van der Waals surface area contributed by atoms with Gasteiger partial charge in [-0.15, -0.1) is 0 Å². The number of nitrogens with one attached hydrogen (secondary N) is 1. The van der Waals surface area contributed by atoms with E-state index in [1.807, 2.05) is 54.6 Å². The van der Waals surface area contributed by atoms with E-state index in [4.69, 9.17) is 4.74 Å². The molecule has 0 aliphatic heterocycles. The highest BCUT2D eigenvalue weighted by molar-refractivity contribution is 5.49. The Morgan fingerprint density at radius 1 is 0.905 bits per heavy atom. The summed E-state index contributed by atoms with van der Waals surface area (Å²) in [4.78, 5) is 8.27. The van der Waals surface area contributed by atoms with Crippen LogP contribution in [0.3, 0.4) is 0 Å². The second kappa shape index (κ2) is 6.52. The second-order valence-corrected chi connectivity index (χ2v) is 4.49. The van der Waals surface area contributed by atoms with E-state index in [1.54, 1.807) is 18.6 Å². The molecule has 1 N–H and O–H groups in total. The highest BCUT2D eigenvalue weighted by Crippen LogP contribution is 2.23. The molecule has 0 radical (unpaired) electrons. The molecule has 0 aliphatic rings. The second-order valence-electron chi connectivity index (χ2n) is 4.49. The monoisotopic (exact) mass is 277 g/mol. The number of ether oxygens (including phenoxy) is 1. The number of benzene rings is 2. The lowest BCUT2D eigenvalue weighted by Crippen LogP contribution is -2.01. The number of rotatable bonds is 5. The van der Waals surface area contributed by atoms with Crippen molar-refractivity contribution in [3.8, 4) is 11.5 Å². The average Bonchev–Trinajstić information content (AvgIpc) is 2.55. The maximum absolute atomic E-state index is 5.80. The molecule has 0 spiro atoms. The highest BCUT2D eigenvalue weighted by Gasteiger charge is 1.99. The first-order valence-corrected chi connectivity index (χ1v) is 6.72. The fourth-order valence-electron chi connectivity index (χ4n) is 1.91. The molecule has 1 heterocycles. The van der Waals surface area contributed by atoms with Crippen LogP contribution in [0, 0.1) is 0 Å². The van der Waals surface area contributed by atoms with Crippen LogP contribution in [0.2, 0.25) is 0 Å². The van der Waals surface area contributed by atoms with Gasteiger partial charge in [0.25, 0.3) is 0 Å². The molecular weight excluding hydrogens is 262 g/mol. The van der Waals surface area contributed by atoms with E-state index in [-0.39, 0.29) is 0 Å². The quantitative estimate of drug-likeness (QED) is 0.768. The molecule has 3 rings (SSSR count). The normalized spacial score (nSPS) is 10.1. The molecule has 2 aromatic carbocycles. The van der Waals surface area contributed by atoms with Crippen LogP contribution in [-0.4, -0.2) is 9.97 Å². The topological polar surface area (TPSA) is 47.0 Å². The molecule has 4 heteroatoms. The Morgan fingerprint density at radius 3 is 2.57 bits per heavy atom. The van der Waals surface area contributed by atoms with Gasteiger partial charge in [-0.2, -0.15) is 0 Å². The summed E-state index contributed by atoms with van der Waals surface area (Å²) in [6, 6.07) is 17.6. The molecule has 0 saturated carbocycles. The van der Waals surface area contributed by atoms with Crippen LogP contribution in [0.4, 0.5) is 5.69 Å². The van der Waals surface area contributed by atoms with Crippen molar-refractivity contribution in [3.05, 3.63) is 78.9 Å². The number of anilines is 1. The number of para-hydroxylation sites is 1. The highest BCUT2D eigenvalue weighted by atomic mass is 16.5. The minimum Gasteiger partial charge on any atom is -0.457 e. The van der Waals surface area contributed by atoms with E-state index in [0.29, 0.717) is 6.54 Å². The van der Waals surface area contributed by atoms with Crippen molar-refractivity contribution in [3.63, 3.8) is 0 Å². The van der Waals surface area contributed by atoms with Gasteiger partial charge in [-0.05, 0) is 24.3 Å². The van der Waals surface area contributed by atoms with Crippen LogP contribution in [0.5, 0.6) is 11.5 Å². The molecule has 104 valence electrons. The van der Waals surface area contributed by atoms with Gasteiger partial charge in [0.05, 0.1) is 18.4 Å². The molecule has 0 atom stereocenters. The molecule has 0 saturated heterocycles.